The summed E-state index contributed by atoms with van der Waals surface area (Å²) < 4.78 is 17.4. The van der Waals surface area contributed by atoms with Gasteiger partial charge in [-0.25, -0.2) is 0 Å². The van der Waals surface area contributed by atoms with Gasteiger partial charge in [-0.15, -0.1) is 0 Å². The van der Waals surface area contributed by atoms with Gasteiger partial charge in [-0.2, -0.15) is 0 Å². The lowest BCUT2D eigenvalue weighted by molar-refractivity contribution is -0.0510. The summed E-state index contributed by atoms with van der Waals surface area (Å²) in [4.78, 5) is 0. The normalized spacial score (nSPS) is 23.6. The van der Waals surface area contributed by atoms with Crippen molar-refractivity contribution in [1.82, 2.24) is 0 Å². The fourth-order valence-corrected chi connectivity index (χ4v) is 3.51. The highest BCUT2D eigenvalue weighted by atomic mass is 16.6. The Morgan fingerprint density at radius 1 is 1.24 bits per heavy atom. The summed E-state index contributed by atoms with van der Waals surface area (Å²) in [5.74, 6) is 1.38. The molecule has 0 amide bonds. The van der Waals surface area contributed by atoms with Gasteiger partial charge in [0, 0.05) is 0 Å². The molecule has 0 radical (unpaired) electrons. The first-order chi connectivity index (χ1) is 10.2. The van der Waals surface area contributed by atoms with E-state index in [4.69, 9.17) is 14.2 Å². The Balaban J connectivity index is 1.60. The van der Waals surface area contributed by atoms with Crippen molar-refractivity contribution in [2.75, 3.05) is 13.7 Å². The number of ether oxygens (including phenoxy) is 3. The molecule has 2 aliphatic rings. The molecule has 1 atom stereocenters. The van der Waals surface area contributed by atoms with Gasteiger partial charge in [0.25, 0.3) is 0 Å². The highest BCUT2D eigenvalue weighted by molar-refractivity contribution is 5.42. The van der Waals surface area contributed by atoms with E-state index in [2.05, 4.69) is 0 Å². The van der Waals surface area contributed by atoms with Gasteiger partial charge in [0.15, 0.2) is 11.5 Å². The highest BCUT2D eigenvalue weighted by Crippen LogP contribution is 2.43. The molecule has 1 N–H and O–H groups in total. The van der Waals surface area contributed by atoms with Crippen molar-refractivity contribution in [2.45, 2.75) is 56.8 Å². The fourth-order valence-electron chi connectivity index (χ4n) is 3.51. The Morgan fingerprint density at radius 3 is 2.76 bits per heavy atom. The Bertz CT molecular complexity index is 480. The van der Waals surface area contributed by atoms with E-state index in [0.29, 0.717) is 18.1 Å². The Morgan fingerprint density at radius 2 is 2.05 bits per heavy atom. The first-order valence-electron chi connectivity index (χ1n) is 7.83. The highest BCUT2D eigenvalue weighted by Gasteiger charge is 2.42. The second kappa shape index (κ2) is 6.24. The molecule has 0 aromatic heterocycles. The van der Waals surface area contributed by atoms with Crippen LogP contribution < -0.4 is 9.47 Å². The number of benzene rings is 1. The molecule has 1 aliphatic carbocycles. The molecular formula is C17H24O4. The molecule has 3 rings (SSSR count). The van der Waals surface area contributed by atoms with Crippen LogP contribution >= 0.6 is 0 Å². The Labute approximate surface area is 126 Å². The predicted octanol–water partition coefficient (Wildman–Crippen LogP) is 3.06. The molecule has 1 aromatic rings. The molecule has 4 nitrogen and oxygen atoms in total. The van der Waals surface area contributed by atoms with Crippen molar-refractivity contribution in [3.05, 3.63) is 23.8 Å². The van der Waals surface area contributed by atoms with E-state index in [1.54, 1.807) is 7.11 Å². The van der Waals surface area contributed by atoms with Crippen LogP contribution in [-0.2, 0) is 11.3 Å². The molecule has 1 aromatic carbocycles. The van der Waals surface area contributed by atoms with Gasteiger partial charge < -0.3 is 19.3 Å². The lowest BCUT2D eigenvalue weighted by atomic mass is 9.98. The molecule has 1 heterocycles. The van der Waals surface area contributed by atoms with Crippen LogP contribution in [0, 0.1) is 0 Å². The molecule has 1 aliphatic heterocycles. The molecule has 1 spiro atoms. The van der Waals surface area contributed by atoms with Crippen molar-refractivity contribution in [3.8, 4) is 11.5 Å². The third-order valence-corrected chi connectivity index (χ3v) is 4.69. The molecule has 1 unspecified atom stereocenters. The van der Waals surface area contributed by atoms with Gasteiger partial charge in [-0.05, 0) is 43.4 Å². The van der Waals surface area contributed by atoms with Crippen molar-refractivity contribution < 1.29 is 19.3 Å². The van der Waals surface area contributed by atoms with E-state index in [9.17, 15) is 5.11 Å². The van der Waals surface area contributed by atoms with Crippen molar-refractivity contribution in [1.29, 1.82) is 0 Å². The average Bonchev–Trinajstić information content (AvgIpc) is 3.15. The fraction of sp³-hybridized carbons (Fsp3) is 0.647. The molecule has 1 saturated heterocycles. The monoisotopic (exact) mass is 292 g/mol. The number of aliphatic hydroxyl groups is 1. The van der Waals surface area contributed by atoms with E-state index in [0.717, 1.165) is 18.4 Å². The molecule has 21 heavy (non-hydrogen) atoms. The van der Waals surface area contributed by atoms with Crippen molar-refractivity contribution in [3.63, 3.8) is 0 Å². The lowest BCUT2D eigenvalue weighted by Gasteiger charge is -2.24. The molecule has 2 fully saturated rings. The van der Waals surface area contributed by atoms with E-state index >= 15 is 0 Å². The summed E-state index contributed by atoms with van der Waals surface area (Å²) in [6.45, 7) is 0.552. The molecule has 1 saturated carbocycles. The van der Waals surface area contributed by atoms with Gasteiger partial charge in [-0.3, -0.25) is 0 Å². The van der Waals surface area contributed by atoms with Crippen LogP contribution in [0.15, 0.2) is 18.2 Å². The van der Waals surface area contributed by atoms with Crippen LogP contribution in [0.4, 0.5) is 0 Å². The topological polar surface area (TPSA) is 47.9 Å². The van der Waals surface area contributed by atoms with E-state index in [1.165, 1.54) is 25.7 Å². The van der Waals surface area contributed by atoms with Crippen molar-refractivity contribution in [2.24, 2.45) is 0 Å². The van der Waals surface area contributed by atoms with E-state index in [-0.39, 0.29) is 18.3 Å². The van der Waals surface area contributed by atoms with E-state index < -0.39 is 0 Å². The first-order valence-corrected chi connectivity index (χ1v) is 7.83. The summed E-state index contributed by atoms with van der Waals surface area (Å²) in [5, 5.41) is 9.22. The Kier molecular flexibility index (Phi) is 4.36. The Hall–Kier alpha value is -1.26. The second-order valence-electron chi connectivity index (χ2n) is 6.12. The number of rotatable bonds is 5. The lowest BCUT2D eigenvalue weighted by Crippen LogP contribution is -2.27. The molecular weight excluding hydrogens is 268 g/mol. The van der Waals surface area contributed by atoms with Gasteiger partial charge in [0.05, 0.1) is 25.4 Å². The van der Waals surface area contributed by atoms with Crippen LogP contribution in [0.5, 0.6) is 11.5 Å². The summed E-state index contributed by atoms with van der Waals surface area (Å²) in [7, 11) is 1.63. The van der Waals surface area contributed by atoms with Crippen LogP contribution in [0.3, 0.4) is 0 Å². The van der Waals surface area contributed by atoms with Crippen LogP contribution in [-0.4, -0.2) is 30.5 Å². The van der Waals surface area contributed by atoms with E-state index in [1.807, 2.05) is 18.2 Å². The third kappa shape index (κ3) is 3.16. The number of hydrogen-bond donors (Lipinski definition) is 1. The summed E-state index contributed by atoms with van der Waals surface area (Å²) in [6.07, 6.45) is 7.39. The minimum Gasteiger partial charge on any atom is -0.493 e. The third-order valence-electron chi connectivity index (χ3n) is 4.69. The van der Waals surface area contributed by atoms with Crippen molar-refractivity contribution >= 4 is 0 Å². The molecule has 0 bridgehead atoms. The van der Waals surface area contributed by atoms with Gasteiger partial charge in [0.1, 0.15) is 6.61 Å². The summed E-state index contributed by atoms with van der Waals surface area (Å²) in [5.41, 5.74) is 0.968. The van der Waals surface area contributed by atoms with Gasteiger partial charge in [-0.1, -0.05) is 18.9 Å². The standard InChI is InChI=1S/C17H24O4/c1-19-15-5-4-13(11-18)10-16(15)20-12-14-6-9-17(21-14)7-2-3-8-17/h4-5,10,14,18H,2-3,6-9,11-12H2,1H3. The molecule has 4 heteroatoms. The first kappa shape index (κ1) is 14.7. The number of hydrogen-bond acceptors (Lipinski definition) is 4. The van der Waals surface area contributed by atoms with Crippen LogP contribution in [0.25, 0.3) is 0 Å². The maximum Gasteiger partial charge on any atom is 0.161 e. The summed E-state index contributed by atoms with van der Waals surface area (Å²) in [6, 6.07) is 5.50. The zero-order valence-electron chi connectivity index (χ0n) is 12.6. The smallest absolute Gasteiger partial charge is 0.161 e. The molecule has 116 valence electrons. The average molecular weight is 292 g/mol. The second-order valence-corrected chi connectivity index (χ2v) is 6.12. The zero-order chi connectivity index (χ0) is 14.7. The number of aliphatic hydroxyl groups excluding tert-OH is 1. The summed E-state index contributed by atoms with van der Waals surface area (Å²) >= 11 is 0. The quantitative estimate of drug-likeness (QED) is 0.906. The van der Waals surface area contributed by atoms with Crippen LogP contribution in [0.2, 0.25) is 0 Å². The van der Waals surface area contributed by atoms with Gasteiger partial charge >= 0.3 is 0 Å². The maximum atomic E-state index is 9.22. The maximum absolute atomic E-state index is 9.22. The van der Waals surface area contributed by atoms with Crippen LogP contribution in [0.1, 0.15) is 44.1 Å². The minimum atomic E-state index is 0.00337. The minimum absolute atomic E-state index is 0.00337. The number of methoxy groups -OCH3 is 1. The SMILES string of the molecule is COc1ccc(CO)cc1OCC1CCC2(CCCC2)O1. The largest absolute Gasteiger partial charge is 0.493 e. The predicted molar refractivity (Wildman–Crippen MR) is 79.7 cm³/mol. The zero-order valence-corrected chi connectivity index (χ0v) is 12.6. The van der Waals surface area contributed by atoms with Gasteiger partial charge in [0.2, 0.25) is 0 Å².